The minimum Gasteiger partial charge on any atom is -0.330 e. The van der Waals surface area contributed by atoms with E-state index in [1.807, 2.05) is 4.68 Å². The Balaban J connectivity index is 2.61. The molecule has 0 aliphatic heterocycles. The van der Waals surface area contributed by atoms with Crippen molar-refractivity contribution in [2.75, 3.05) is 6.54 Å². The summed E-state index contributed by atoms with van der Waals surface area (Å²) >= 11 is 0. The van der Waals surface area contributed by atoms with Crippen LogP contribution in [0.5, 0.6) is 0 Å². The van der Waals surface area contributed by atoms with Crippen LogP contribution in [-0.4, -0.2) is 21.3 Å². The van der Waals surface area contributed by atoms with Gasteiger partial charge in [0.2, 0.25) is 0 Å². The third-order valence-electron chi connectivity index (χ3n) is 2.33. The molecule has 1 atom stereocenters. The molecule has 1 aromatic heterocycles. The first kappa shape index (κ1) is 11.2. The van der Waals surface area contributed by atoms with Gasteiger partial charge in [0.15, 0.2) is 0 Å². The van der Waals surface area contributed by atoms with Gasteiger partial charge >= 0.3 is 0 Å². The van der Waals surface area contributed by atoms with E-state index in [4.69, 9.17) is 5.73 Å². The van der Waals surface area contributed by atoms with Crippen molar-refractivity contribution in [3.63, 3.8) is 0 Å². The third kappa shape index (κ3) is 2.80. The lowest BCUT2D eigenvalue weighted by molar-refractivity contribution is 0.460. The van der Waals surface area contributed by atoms with Gasteiger partial charge in [-0.2, -0.15) is 5.10 Å². The minimum absolute atomic E-state index is 0.387. The van der Waals surface area contributed by atoms with Gasteiger partial charge < -0.3 is 5.73 Å². The molecule has 0 spiro atoms. The van der Waals surface area contributed by atoms with Crippen LogP contribution in [0.25, 0.3) is 0 Å². The highest BCUT2D eigenvalue weighted by molar-refractivity contribution is 4.88. The van der Waals surface area contributed by atoms with Crippen molar-refractivity contribution in [1.82, 2.24) is 14.8 Å². The maximum atomic E-state index is 5.51. The van der Waals surface area contributed by atoms with Crippen LogP contribution in [0.15, 0.2) is 6.33 Å². The molecule has 0 radical (unpaired) electrons. The summed E-state index contributed by atoms with van der Waals surface area (Å²) in [6.07, 6.45) is 3.64. The molecule has 0 saturated carbocycles. The fraction of sp³-hybridized carbons (Fsp3) is 0.800. The van der Waals surface area contributed by atoms with Crippen molar-refractivity contribution >= 4 is 0 Å². The van der Waals surface area contributed by atoms with Gasteiger partial charge in [-0.3, -0.25) is 0 Å². The van der Waals surface area contributed by atoms with Crippen molar-refractivity contribution in [1.29, 1.82) is 0 Å². The van der Waals surface area contributed by atoms with Crippen LogP contribution in [-0.2, 0) is 6.42 Å². The summed E-state index contributed by atoms with van der Waals surface area (Å²) in [4.78, 5) is 4.27. The van der Waals surface area contributed by atoms with E-state index in [0.717, 1.165) is 25.2 Å². The fourth-order valence-electron chi connectivity index (χ4n) is 1.55. The van der Waals surface area contributed by atoms with Crippen molar-refractivity contribution in [2.24, 2.45) is 11.7 Å². The van der Waals surface area contributed by atoms with Gasteiger partial charge in [0.1, 0.15) is 12.2 Å². The SMILES string of the molecule is CC(CCN)Cc1ncnn1C(C)C. The summed E-state index contributed by atoms with van der Waals surface area (Å²) < 4.78 is 1.98. The van der Waals surface area contributed by atoms with E-state index >= 15 is 0 Å². The zero-order chi connectivity index (χ0) is 10.6. The van der Waals surface area contributed by atoms with E-state index < -0.39 is 0 Å². The van der Waals surface area contributed by atoms with Crippen LogP contribution in [0.2, 0.25) is 0 Å². The lowest BCUT2D eigenvalue weighted by Crippen LogP contribution is -2.14. The molecule has 0 bridgehead atoms. The normalized spacial score (nSPS) is 13.5. The largest absolute Gasteiger partial charge is 0.330 e. The summed E-state index contributed by atoms with van der Waals surface area (Å²) in [5.74, 6) is 1.66. The van der Waals surface area contributed by atoms with Crippen molar-refractivity contribution < 1.29 is 0 Å². The number of nitrogens with zero attached hydrogens (tertiary/aromatic N) is 3. The molecule has 0 aromatic carbocycles. The second-order valence-corrected chi connectivity index (χ2v) is 4.10. The summed E-state index contributed by atoms with van der Waals surface area (Å²) in [6, 6.07) is 0.387. The predicted molar refractivity (Wildman–Crippen MR) is 56.9 cm³/mol. The van der Waals surface area contributed by atoms with Crippen LogP contribution in [0, 0.1) is 5.92 Å². The second kappa shape index (κ2) is 5.10. The highest BCUT2D eigenvalue weighted by Crippen LogP contribution is 2.12. The van der Waals surface area contributed by atoms with Gasteiger partial charge in [-0.1, -0.05) is 6.92 Å². The summed E-state index contributed by atoms with van der Waals surface area (Å²) in [7, 11) is 0. The quantitative estimate of drug-likeness (QED) is 0.774. The van der Waals surface area contributed by atoms with Gasteiger partial charge in [0.25, 0.3) is 0 Å². The zero-order valence-corrected chi connectivity index (χ0v) is 9.27. The van der Waals surface area contributed by atoms with Crippen molar-refractivity contribution in [2.45, 2.75) is 39.7 Å². The van der Waals surface area contributed by atoms with E-state index in [9.17, 15) is 0 Å². The van der Waals surface area contributed by atoms with Crippen LogP contribution < -0.4 is 5.73 Å². The Hall–Kier alpha value is -0.900. The van der Waals surface area contributed by atoms with Crippen LogP contribution in [0.1, 0.15) is 39.1 Å². The minimum atomic E-state index is 0.387. The molecular formula is C10H20N4. The Bertz CT molecular complexity index is 267. The Kier molecular flexibility index (Phi) is 4.07. The number of rotatable bonds is 5. The lowest BCUT2D eigenvalue weighted by atomic mass is 10.0. The molecule has 0 aliphatic rings. The fourth-order valence-corrected chi connectivity index (χ4v) is 1.55. The number of hydrogen-bond donors (Lipinski definition) is 1. The molecule has 1 rings (SSSR count). The molecule has 1 aromatic rings. The van der Waals surface area contributed by atoms with Crippen molar-refractivity contribution in [3.8, 4) is 0 Å². The topological polar surface area (TPSA) is 56.7 Å². The first-order chi connectivity index (χ1) is 6.65. The number of hydrogen-bond acceptors (Lipinski definition) is 3. The van der Waals surface area contributed by atoms with E-state index in [-0.39, 0.29) is 0 Å². The van der Waals surface area contributed by atoms with E-state index in [0.29, 0.717) is 12.0 Å². The van der Waals surface area contributed by atoms with Crippen LogP contribution in [0.3, 0.4) is 0 Å². The van der Waals surface area contributed by atoms with E-state index in [1.54, 1.807) is 6.33 Å². The molecule has 4 nitrogen and oxygen atoms in total. The van der Waals surface area contributed by atoms with Gasteiger partial charge in [-0.15, -0.1) is 0 Å². The molecule has 80 valence electrons. The maximum Gasteiger partial charge on any atom is 0.138 e. The summed E-state index contributed by atoms with van der Waals surface area (Å²) in [6.45, 7) is 7.18. The standard InChI is InChI=1S/C10H20N4/c1-8(2)14-10(12-7-13-14)6-9(3)4-5-11/h7-9H,4-6,11H2,1-3H3. The maximum absolute atomic E-state index is 5.51. The van der Waals surface area contributed by atoms with E-state index in [1.165, 1.54) is 0 Å². The molecule has 1 unspecified atom stereocenters. The predicted octanol–water partition coefficient (Wildman–Crippen LogP) is 1.39. The Morgan fingerprint density at radius 2 is 2.14 bits per heavy atom. The monoisotopic (exact) mass is 196 g/mol. The highest BCUT2D eigenvalue weighted by Gasteiger charge is 2.10. The van der Waals surface area contributed by atoms with Gasteiger partial charge in [0, 0.05) is 12.5 Å². The lowest BCUT2D eigenvalue weighted by Gasteiger charge is -2.12. The van der Waals surface area contributed by atoms with Gasteiger partial charge in [-0.25, -0.2) is 9.67 Å². The molecule has 0 aliphatic carbocycles. The Morgan fingerprint density at radius 1 is 1.43 bits per heavy atom. The molecule has 14 heavy (non-hydrogen) atoms. The molecule has 0 saturated heterocycles. The Morgan fingerprint density at radius 3 is 2.71 bits per heavy atom. The summed E-state index contributed by atoms with van der Waals surface area (Å²) in [5, 5.41) is 4.20. The average molecular weight is 196 g/mol. The molecule has 0 amide bonds. The molecule has 2 N–H and O–H groups in total. The second-order valence-electron chi connectivity index (χ2n) is 4.10. The zero-order valence-electron chi connectivity index (χ0n) is 9.27. The average Bonchev–Trinajstić information content (AvgIpc) is 2.52. The molecule has 1 heterocycles. The molecule has 4 heteroatoms. The van der Waals surface area contributed by atoms with Crippen LogP contribution >= 0.6 is 0 Å². The van der Waals surface area contributed by atoms with Gasteiger partial charge in [-0.05, 0) is 32.7 Å². The summed E-state index contributed by atoms with van der Waals surface area (Å²) in [5.41, 5.74) is 5.51. The van der Waals surface area contributed by atoms with Gasteiger partial charge in [0.05, 0.1) is 0 Å². The van der Waals surface area contributed by atoms with Crippen molar-refractivity contribution in [3.05, 3.63) is 12.2 Å². The number of aromatic nitrogens is 3. The molecule has 0 fully saturated rings. The Labute approximate surface area is 85.5 Å². The third-order valence-corrected chi connectivity index (χ3v) is 2.33. The number of nitrogens with two attached hydrogens (primary N) is 1. The molecular weight excluding hydrogens is 176 g/mol. The van der Waals surface area contributed by atoms with E-state index in [2.05, 4.69) is 30.9 Å². The van der Waals surface area contributed by atoms with Crippen LogP contribution in [0.4, 0.5) is 0 Å². The highest BCUT2D eigenvalue weighted by atomic mass is 15.3. The first-order valence-electron chi connectivity index (χ1n) is 5.23. The first-order valence-corrected chi connectivity index (χ1v) is 5.23. The smallest absolute Gasteiger partial charge is 0.138 e.